The molecule has 1 fully saturated rings. The highest BCUT2D eigenvalue weighted by Gasteiger charge is 2.23. The maximum absolute atomic E-state index is 12.5. The van der Waals surface area contributed by atoms with Crippen LogP contribution in [0.15, 0.2) is 6.20 Å². The number of aryl methyl sites for hydroxylation is 2. The van der Waals surface area contributed by atoms with E-state index < -0.39 is 0 Å². The van der Waals surface area contributed by atoms with Gasteiger partial charge in [-0.1, -0.05) is 0 Å². The number of nitrogens with zero attached hydrogens (tertiary/aromatic N) is 5. The summed E-state index contributed by atoms with van der Waals surface area (Å²) in [6.45, 7) is 11.4. The lowest BCUT2D eigenvalue weighted by atomic mass is 10.1. The number of likely N-dealkylation sites (N-methyl/N-ethyl adjacent to an activating group) is 1. The Labute approximate surface area is 160 Å². The van der Waals surface area contributed by atoms with Crippen LogP contribution in [-0.4, -0.2) is 83.0 Å². The molecule has 1 N–H and O–H groups in total. The number of piperazine rings is 1. The van der Waals surface area contributed by atoms with E-state index in [1.807, 2.05) is 20.9 Å². The summed E-state index contributed by atoms with van der Waals surface area (Å²) in [4.78, 5) is 21.7. The Morgan fingerprint density at radius 1 is 1.30 bits per heavy atom. The molecule has 0 amide bonds. The minimum atomic E-state index is -0.357. The molecule has 0 radical (unpaired) electrons. The third-order valence-corrected chi connectivity index (χ3v) is 5.04. The van der Waals surface area contributed by atoms with Crippen molar-refractivity contribution >= 4 is 22.7 Å². The van der Waals surface area contributed by atoms with Crippen molar-refractivity contribution in [1.29, 1.82) is 0 Å². The molecular weight excluding hydrogens is 344 g/mol. The van der Waals surface area contributed by atoms with Gasteiger partial charge in [0.2, 0.25) is 0 Å². The van der Waals surface area contributed by atoms with Crippen molar-refractivity contribution in [3.05, 3.63) is 17.5 Å². The maximum Gasteiger partial charge on any atom is 0.341 e. The highest BCUT2D eigenvalue weighted by Crippen LogP contribution is 2.29. The number of anilines is 1. The van der Waals surface area contributed by atoms with E-state index in [1.54, 1.807) is 10.9 Å². The standard InChI is InChI=1S/C19H30N6O2/c1-6-27-19(26)15-11-20-18-16(14(3)22-24(18)5)17(15)21-13(2)12-25-9-7-23(4)8-10-25/h11,13H,6-10,12H2,1-5H3,(H,20,21). The van der Waals surface area contributed by atoms with E-state index in [4.69, 9.17) is 4.74 Å². The van der Waals surface area contributed by atoms with Crippen LogP contribution in [0.3, 0.4) is 0 Å². The topological polar surface area (TPSA) is 75.5 Å². The fourth-order valence-corrected chi connectivity index (χ4v) is 3.64. The van der Waals surface area contributed by atoms with Gasteiger partial charge in [-0.25, -0.2) is 9.78 Å². The van der Waals surface area contributed by atoms with E-state index in [2.05, 4.69) is 39.2 Å². The van der Waals surface area contributed by atoms with Crippen LogP contribution in [0.2, 0.25) is 0 Å². The summed E-state index contributed by atoms with van der Waals surface area (Å²) in [6, 6.07) is 0.173. The molecule has 2 aromatic rings. The SMILES string of the molecule is CCOC(=O)c1cnc2c(c(C)nn2C)c1NC(C)CN1CCN(C)CC1. The van der Waals surface area contributed by atoms with Crippen molar-refractivity contribution in [1.82, 2.24) is 24.6 Å². The number of carbonyl (C=O) groups is 1. The average Bonchev–Trinajstić information content (AvgIpc) is 2.92. The lowest BCUT2D eigenvalue weighted by molar-refractivity contribution is 0.0527. The molecule has 1 aliphatic rings. The first kappa shape index (κ1) is 19.6. The molecule has 0 aliphatic carbocycles. The van der Waals surface area contributed by atoms with Gasteiger partial charge in [0.05, 0.1) is 23.4 Å². The molecule has 27 heavy (non-hydrogen) atoms. The number of nitrogens with one attached hydrogen (secondary N) is 1. The highest BCUT2D eigenvalue weighted by atomic mass is 16.5. The second kappa shape index (κ2) is 8.22. The molecule has 0 aromatic carbocycles. The van der Waals surface area contributed by atoms with Crippen LogP contribution < -0.4 is 5.32 Å². The summed E-state index contributed by atoms with van der Waals surface area (Å²) in [5.74, 6) is -0.357. The molecule has 148 valence electrons. The summed E-state index contributed by atoms with van der Waals surface area (Å²) in [5.41, 5.74) is 2.84. The predicted octanol–water partition coefficient (Wildman–Crippen LogP) is 1.50. The maximum atomic E-state index is 12.5. The number of fused-ring (bicyclic) bond motifs is 1. The molecule has 8 heteroatoms. The summed E-state index contributed by atoms with van der Waals surface area (Å²) >= 11 is 0. The fourth-order valence-electron chi connectivity index (χ4n) is 3.64. The number of rotatable bonds is 6. The Balaban J connectivity index is 1.88. The first-order valence-electron chi connectivity index (χ1n) is 9.57. The van der Waals surface area contributed by atoms with Gasteiger partial charge in [0.15, 0.2) is 5.65 Å². The minimum absolute atomic E-state index is 0.173. The van der Waals surface area contributed by atoms with Gasteiger partial charge in [-0.05, 0) is 27.8 Å². The van der Waals surface area contributed by atoms with Gasteiger partial charge in [-0.2, -0.15) is 5.10 Å². The number of hydrogen-bond donors (Lipinski definition) is 1. The quantitative estimate of drug-likeness (QED) is 0.768. The van der Waals surface area contributed by atoms with Crippen LogP contribution in [0.5, 0.6) is 0 Å². The molecule has 3 rings (SSSR count). The molecule has 0 saturated carbocycles. The first-order valence-corrected chi connectivity index (χ1v) is 9.57. The molecule has 0 bridgehead atoms. The van der Waals surface area contributed by atoms with E-state index in [0.717, 1.165) is 55.1 Å². The van der Waals surface area contributed by atoms with Crippen molar-refractivity contribution < 1.29 is 9.53 Å². The molecule has 3 heterocycles. The zero-order valence-electron chi connectivity index (χ0n) is 16.9. The number of esters is 1. The number of carbonyl (C=O) groups excluding carboxylic acids is 1. The Bertz CT molecular complexity index is 810. The second-order valence-corrected chi connectivity index (χ2v) is 7.32. The molecule has 1 saturated heterocycles. The van der Waals surface area contributed by atoms with Crippen molar-refractivity contribution in [3.63, 3.8) is 0 Å². The summed E-state index contributed by atoms with van der Waals surface area (Å²) in [7, 11) is 4.02. The fraction of sp³-hybridized carbons (Fsp3) is 0.632. The minimum Gasteiger partial charge on any atom is -0.462 e. The van der Waals surface area contributed by atoms with Crippen molar-refractivity contribution in [2.75, 3.05) is 51.7 Å². The molecule has 1 atom stereocenters. The molecule has 1 aliphatic heterocycles. The van der Waals surface area contributed by atoms with Gasteiger partial charge in [0, 0.05) is 52.0 Å². The normalized spacial score (nSPS) is 17.2. The van der Waals surface area contributed by atoms with Crippen LogP contribution in [0, 0.1) is 6.92 Å². The van der Waals surface area contributed by atoms with Crippen LogP contribution in [0.25, 0.3) is 11.0 Å². The third-order valence-electron chi connectivity index (χ3n) is 5.04. The molecule has 0 spiro atoms. The van der Waals surface area contributed by atoms with Crippen molar-refractivity contribution in [3.8, 4) is 0 Å². The van der Waals surface area contributed by atoms with Gasteiger partial charge >= 0.3 is 5.97 Å². The number of hydrogen-bond acceptors (Lipinski definition) is 7. The van der Waals surface area contributed by atoms with Gasteiger partial charge in [0.1, 0.15) is 5.56 Å². The smallest absolute Gasteiger partial charge is 0.341 e. The Morgan fingerprint density at radius 2 is 2.00 bits per heavy atom. The first-order chi connectivity index (χ1) is 12.9. The number of ether oxygens (including phenoxy) is 1. The molecular formula is C19H30N6O2. The van der Waals surface area contributed by atoms with Crippen LogP contribution in [-0.2, 0) is 11.8 Å². The lowest BCUT2D eigenvalue weighted by Crippen LogP contribution is -2.47. The van der Waals surface area contributed by atoms with Gasteiger partial charge in [-0.3, -0.25) is 9.58 Å². The van der Waals surface area contributed by atoms with E-state index in [0.29, 0.717) is 12.2 Å². The zero-order valence-corrected chi connectivity index (χ0v) is 16.9. The van der Waals surface area contributed by atoms with E-state index in [1.165, 1.54) is 0 Å². The number of pyridine rings is 1. The van der Waals surface area contributed by atoms with E-state index >= 15 is 0 Å². The summed E-state index contributed by atoms with van der Waals surface area (Å²) in [5, 5.41) is 8.91. The van der Waals surface area contributed by atoms with Crippen molar-refractivity contribution in [2.45, 2.75) is 26.8 Å². The van der Waals surface area contributed by atoms with Crippen LogP contribution in [0.4, 0.5) is 5.69 Å². The highest BCUT2D eigenvalue weighted by molar-refractivity contribution is 6.05. The summed E-state index contributed by atoms with van der Waals surface area (Å²) in [6.07, 6.45) is 1.59. The average molecular weight is 374 g/mol. The third kappa shape index (κ3) is 4.22. The van der Waals surface area contributed by atoms with E-state index in [-0.39, 0.29) is 12.0 Å². The molecule has 8 nitrogen and oxygen atoms in total. The van der Waals surface area contributed by atoms with E-state index in [9.17, 15) is 4.79 Å². The largest absolute Gasteiger partial charge is 0.462 e. The van der Waals surface area contributed by atoms with Gasteiger partial charge in [-0.15, -0.1) is 0 Å². The van der Waals surface area contributed by atoms with Gasteiger partial charge in [0.25, 0.3) is 0 Å². The molecule has 1 unspecified atom stereocenters. The number of aromatic nitrogens is 3. The predicted molar refractivity (Wildman–Crippen MR) is 106 cm³/mol. The Kier molecular flexibility index (Phi) is 5.96. The van der Waals surface area contributed by atoms with Crippen LogP contribution >= 0.6 is 0 Å². The second-order valence-electron chi connectivity index (χ2n) is 7.32. The van der Waals surface area contributed by atoms with Crippen LogP contribution in [0.1, 0.15) is 29.9 Å². The van der Waals surface area contributed by atoms with Crippen molar-refractivity contribution in [2.24, 2.45) is 7.05 Å². The molecule has 2 aromatic heterocycles. The Hall–Kier alpha value is -2.19. The monoisotopic (exact) mass is 374 g/mol. The lowest BCUT2D eigenvalue weighted by Gasteiger charge is -2.34. The Morgan fingerprint density at radius 3 is 2.67 bits per heavy atom. The zero-order chi connectivity index (χ0) is 19.6. The summed E-state index contributed by atoms with van der Waals surface area (Å²) < 4.78 is 6.99. The van der Waals surface area contributed by atoms with Gasteiger partial charge < -0.3 is 15.0 Å².